The number of nitrogens with one attached hydrogen (secondary N) is 1. The molecular formula is C26H22FN3O3. The van der Waals surface area contributed by atoms with Gasteiger partial charge in [-0.3, -0.25) is 14.4 Å². The van der Waals surface area contributed by atoms with Crippen LogP contribution in [0.1, 0.15) is 19.4 Å². The second-order valence-corrected chi connectivity index (χ2v) is 7.49. The highest BCUT2D eigenvalue weighted by Gasteiger charge is 2.42. The van der Waals surface area contributed by atoms with Gasteiger partial charge >= 0.3 is 0 Å². The lowest BCUT2D eigenvalue weighted by atomic mass is 10.0. The third-order valence-corrected chi connectivity index (χ3v) is 5.27. The van der Waals surface area contributed by atoms with E-state index in [0.717, 1.165) is 16.7 Å². The first-order valence-corrected chi connectivity index (χ1v) is 10.5. The summed E-state index contributed by atoms with van der Waals surface area (Å²) in [4.78, 5) is 41.3. The molecule has 3 aromatic carbocycles. The molecule has 0 fully saturated rings. The Morgan fingerprint density at radius 2 is 1.64 bits per heavy atom. The van der Waals surface area contributed by atoms with Crippen molar-refractivity contribution < 1.29 is 18.8 Å². The third-order valence-electron chi connectivity index (χ3n) is 5.27. The summed E-state index contributed by atoms with van der Waals surface area (Å²) in [5.74, 6) is -1.83. The summed E-state index contributed by atoms with van der Waals surface area (Å²) >= 11 is 0. The van der Waals surface area contributed by atoms with Gasteiger partial charge in [0.15, 0.2) is 0 Å². The van der Waals surface area contributed by atoms with Crippen molar-refractivity contribution in [1.82, 2.24) is 0 Å². The van der Waals surface area contributed by atoms with Crippen LogP contribution in [-0.2, 0) is 14.4 Å². The van der Waals surface area contributed by atoms with Crippen molar-refractivity contribution in [2.45, 2.75) is 13.8 Å². The molecule has 1 heterocycles. The van der Waals surface area contributed by atoms with Crippen LogP contribution in [0.3, 0.4) is 0 Å². The Labute approximate surface area is 190 Å². The maximum absolute atomic E-state index is 13.9. The summed E-state index contributed by atoms with van der Waals surface area (Å²) in [7, 11) is 0. The van der Waals surface area contributed by atoms with Crippen LogP contribution in [-0.4, -0.2) is 24.3 Å². The van der Waals surface area contributed by atoms with Crippen molar-refractivity contribution in [3.05, 3.63) is 95.9 Å². The van der Waals surface area contributed by atoms with Gasteiger partial charge in [0.1, 0.15) is 11.5 Å². The monoisotopic (exact) mass is 443 g/mol. The number of halogens is 1. The van der Waals surface area contributed by atoms with E-state index < -0.39 is 17.6 Å². The van der Waals surface area contributed by atoms with Gasteiger partial charge in [-0.1, -0.05) is 36.4 Å². The highest BCUT2D eigenvalue weighted by atomic mass is 19.1. The molecule has 0 atom stereocenters. The largest absolute Gasteiger partial charge is 0.337 e. The Morgan fingerprint density at radius 3 is 2.24 bits per heavy atom. The smallest absolute Gasteiger partial charge is 0.282 e. The van der Waals surface area contributed by atoms with Crippen LogP contribution in [0.15, 0.2) is 84.6 Å². The van der Waals surface area contributed by atoms with Crippen LogP contribution in [0.5, 0.6) is 0 Å². The molecule has 0 aliphatic carbocycles. The molecule has 166 valence electrons. The average Bonchev–Trinajstić information content (AvgIpc) is 3.05. The van der Waals surface area contributed by atoms with Gasteiger partial charge < -0.3 is 10.2 Å². The van der Waals surface area contributed by atoms with E-state index in [2.05, 4.69) is 5.32 Å². The minimum Gasteiger partial charge on any atom is -0.337 e. The molecule has 0 saturated carbocycles. The fraction of sp³-hybridized carbons (Fsp3) is 0.115. The van der Waals surface area contributed by atoms with Crippen LogP contribution < -0.4 is 15.1 Å². The number of imide groups is 1. The number of anilines is 3. The predicted octanol–water partition coefficient (Wildman–Crippen LogP) is 4.60. The maximum atomic E-state index is 13.9. The first kappa shape index (κ1) is 22.0. The number of carbonyl (C=O) groups excluding carboxylic acids is 3. The molecule has 6 nitrogen and oxygen atoms in total. The van der Waals surface area contributed by atoms with E-state index in [4.69, 9.17) is 0 Å². The molecule has 3 amide bonds. The minimum absolute atomic E-state index is 0.163. The van der Waals surface area contributed by atoms with Gasteiger partial charge in [0.25, 0.3) is 11.8 Å². The van der Waals surface area contributed by atoms with E-state index in [-0.39, 0.29) is 22.9 Å². The van der Waals surface area contributed by atoms with Gasteiger partial charge in [-0.15, -0.1) is 0 Å². The Balaban J connectivity index is 1.87. The first-order chi connectivity index (χ1) is 15.9. The Bertz CT molecular complexity index is 1250. The molecule has 3 aromatic rings. The van der Waals surface area contributed by atoms with Crippen molar-refractivity contribution in [2.24, 2.45) is 0 Å². The van der Waals surface area contributed by atoms with Crippen LogP contribution in [0.4, 0.5) is 21.5 Å². The van der Waals surface area contributed by atoms with E-state index in [1.807, 2.05) is 37.3 Å². The Morgan fingerprint density at radius 1 is 0.939 bits per heavy atom. The topological polar surface area (TPSA) is 69.7 Å². The predicted molar refractivity (Wildman–Crippen MR) is 126 cm³/mol. The summed E-state index contributed by atoms with van der Waals surface area (Å²) in [6.45, 7) is 3.73. The molecule has 0 radical (unpaired) electrons. The second-order valence-electron chi connectivity index (χ2n) is 7.49. The number of para-hydroxylation sites is 1. The lowest BCUT2D eigenvalue weighted by Gasteiger charge is -2.25. The molecule has 0 saturated heterocycles. The molecule has 33 heavy (non-hydrogen) atoms. The van der Waals surface area contributed by atoms with E-state index >= 15 is 0 Å². The third kappa shape index (κ3) is 4.25. The summed E-state index contributed by atoms with van der Waals surface area (Å²) in [6.07, 6.45) is 0. The Kier molecular flexibility index (Phi) is 6.04. The number of benzene rings is 3. The second kappa shape index (κ2) is 9.08. The van der Waals surface area contributed by atoms with Crippen molar-refractivity contribution in [3.8, 4) is 0 Å². The summed E-state index contributed by atoms with van der Waals surface area (Å²) < 4.78 is 13.9. The number of likely N-dealkylation sites (N-methyl/N-ethyl adjacent to an activating group) is 1. The van der Waals surface area contributed by atoms with Crippen molar-refractivity contribution >= 4 is 40.4 Å². The number of nitrogens with zero attached hydrogens (tertiary/aromatic N) is 2. The highest BCUT2D eigenvalue weighted by Crippen LogP contribution is 2.37. The number of hydrogen-bond acceptors (Lipinski definition) is 4. The fourth-order valence-electron chi connectivity index (χ4n) is 3.88. The molecule has 7 heteroatoms. The van der Waals surface area contributed by atoms with E-state index in [1.54, 1.807) is 29.2 Å². The summed E-state index contributed by atoms with van der Waals surface area (Å²) in [5.41, 5.74) is 2.43. The molecule has 1 aliphatic rings. The van der Waals surface area contributed by atoms with Crippen molar-refractivity contribution in [3.63, 3.8) is 0 Å². The quantitative estimate of drug-likeness (QED) is 0.566. The molecule has 0 aromatic heterocycles. The van der Waals surface area contributed by atoms with Gasteiger partial charge in [0.05, 0.1) is 11.3 Å². The van der Waals surface area contributed by atoms with E-state index in [1.165, 1.54) is 25.1 Å². The van der Waals surface area contributed by atoms with Gasteiger partial charge in [-0.05, 0) is 55.0 Å². The normalized spacial score (nSPS) is 13.5. The zero-order chi connectivity index (χ0) is 23.5. The van der Waals surface area contributed by atoms with Crippen LogP contribution in [0, 0.1) is 5.82 Å². The van der Waals surface area contributed by atoms with E-state index in [0.29, 0.717) is 17.8 Å². The summed E-state index contributed by atoms with van der Waals surface area (Å²) in [5, 5.41) is 2.69. The van der Waals surface area contributed by atoms with Gasteiger partial charge in [0.2, 0.25) is 5.91 Å². The first-order valence-electron chi connectivity index (χ1n) is 10.5. The Hall–Kier alpha value is -4.26. The number of carbonyl (C=O) groups is 3. The van der Waals surface area contributed by atoms with E-state index in [9.17, 15) is 18.8 Å². The van der Waals surface area contributed by atoms with Crippen LogP contribution in [0.25, 0.3) is 5.57 Å². The highest BCUT2D eigenvalue weighted by molar-refractivity contribution is 6.46. The van der Waals surface area contributed by atoms with Crippen molar-refractivity contribution in [1.29, 1.82) is 0 Å². The lowest BCUT2D eigenvalue weighted by Crippen LogP contribution is -2.35. The standard InChI is InChI=1S/C26H22FN3O3/c1-3-29(21-9-5-4-6-10-21)24-23(18-12-14-20(15-13-18)28-17(2)31)25(32)30(26(24)33)22-11-7-8-19(27)16-22/h4-16H,3H2,1-2H3,(H,28,31). The lowest BCUT2D eigenvalue weighted by molar-refractivity contribution is -0.120. The SMILES string of the molecule is CCN(C1=C(c2ccc(NC(C)=O)cc2)C(=O)N(c2cccc(F)c2)C1=O)c1ccccc1. The zero-order valence-corrected chi connectivity index (χ0v) is 18.2. The van der Waals surface area contributed by atoms with Crippen LogP contribution >= 0.6 is 0 Å². The van der Waals surface area contributed by atoms with Crippen molar-refractivity contribution in [2.75, 3.05) is 21.7 Å². The number of amides is 3. The van der Waals surface area contributed by atoms with Gasteiger partial charge in [-0.25, -0.2) is 9.29 Å². The van der Waals surface area contributed by atoms with Crippen LogP contribution in [0.2, 0.25) is 0 Å². The molecule has 1 N–H and O–H groups in total. The van der Waals surface area contributed by atoms with Gasteiger partial charge in [-0.2, -0.15) is 0 Å². The molecule has 0 spiro atoms. The minimum atomic E-state index is -0.543. The molecule has 0 bridgehead atoms. The zero-order valence-electron chi connectivity index (χ0n) is 18.2. The number of hydrogen-bond donors (Lipinski definition) is 1. The number of rotatable bonds is 6. The molecule has 0 unspecified atom stereocenters. The fourth-order valence-corrected chi connectivity index (χ4v) is 3.88. The average molecular weight is 443 g/mol. The molecule has 1 aliphatic heterocycles. The maximum Gasteiger partial charge on any atom is 0.282 e. The molecule has 4 rings (SSSR count). The molecular weight excluding hydrogens is 421 g/mol. The summed E-state index contributed by atoms with van der Waals surface area (Å²) in [6, 6.07) is 21.4. The van der Waals surface area contributed by atoms with Gasteiger partial charge in [0, 0.05) is 24.8 Å².